The van der Waals surface area contributed by atoms with Crippen LogP contribution in [-0.2, 0) is 6.54 Å². The minimum absolute atomic E-state index is 0.238. The van der Waals surface area contributed by atoms with Crippen molar-refractivity contribution in [1.29, 1.82) is 0 Å². The van der Waals surface area contributed by atoms with Crippen LogP contribution in [0.2, 0.25) is 0 Å². The van der Waals surface area contributed by atoms with E-state index in [-0.39, 0.29) is 12.4 Å². The molecule has 84 valence electrons. The molecule has 15 heavy (non-hydrogen) atoms. The second kappa shape index (κ2) is 5.68. The summed E-state index contributed by atoms with van der Waals surface area (Å²) in [5.74, 6) is 0.262. The largest absolute Gasteiger partial charge is 0.493 e. The molecule has 0 saturated heterocycles. The van der Waals surface area contributed by atoms with Gasteiger partial charge >= 0.3 is 0 Å². The van der Waals surface area contributed by atoms with Crippen LogP contribution < -0.4 is 10.5 Å². The van der Waals surface area contributed by atoms with Crippen LogP contribution in [0.5, 0.6) is 5.75 Å². The third-order valence-corrected chi connectivity index (χ3v) is 2.04. The average molecular weight is 213 g/mol. The summed E-state index contributed by atoms with van der Waals surface area (Å²) in [5, 5.41) is 9.04. The van der Waals surface area contributed by atoms with Gasteiger partial charge in [-0.1, -0.05) is 0 Å². The van der Waals surface area contributed by atoms with Crippen LogP contribution >= 0.6 is 0 Å². The average Bonchev–Trinajstić information content (AvgIpc) is 2.19. The molecule has 1 atom stereocenters. The van der Waals surface area contributed by atoms with Crippen LogP contribution in [-0.4, -0.2) is 17.8 Å². The zero-order valence-electron chi connectivity index (χ0n) is 8.74. The van der Waals surface area contributed by atoms with E-state index >= 15 is 0 Å². The number of nitrogens with two attached hydrogens (primary N) is 1. The molecule has 0 bridgehead atoms. The molecule has 0 aliphatic rings. The van der Waals surface area contributed by atoms with Gasteiger partial charge in [0.2, 0.25) is 0 Å². The molecule has 1 rings (SSSR count). The Morgan fingerprint density at radius 3 is 2.87 bits per heavy atom. The Morgan fingerprint density at radius 1 is 1.53 bits per heavy atom. The first-order valence-corrected chi connectivity index (χ1v) is 4.93. The van der Waals surface area contributed by atoms with Crippen molar-refractivity contribution in [2.75, 3.05) is 6.61 Å². The van der Waals surface area contributed by atoms with Gasteiger partial charge in [0.1, 0.15) is 11.6 Å². The molecule has 0 amide bonds. The number of hydrogen-bond donors (Lipinski definition) is 2. The highest BCUT2D eigenvalue weighted by Crippen LogP contribution is 2.19. The van der Waals surface area contributed by atoms with Gasteiger partial charge in [0.25, 0.3) is 0 Å². The Labute approximate surface area is 88.7 Å². The summed E-state index contributed by atoms with van der Waals surface area (Å²) in [5.41, 5.74) is 6.09. The summed E-state index contributed by atoms with van der Waals surface area (Å²) in [7, 11) is 0. The third kappa shape index (κ3) is 3.85. The number of halogens is 1. The maximum atomic E-state index is 12.8. The molecular weight excluding hydrogens is 197 g/mol. The van der Waals surface area contributed by atoms with Crippen molar-refractivity contribution in [3.05, 3.63) is 29.6 Å². The summed E-state index contributed by atoms with van der Waals surface area (Å²) >= 11 is 0. The lowest BCUT2D eigenvalue weighted by atomic mass is 10.2. The van der Waals surface area contributed by atoms with E-state index in [4.69, 9.17) is 15.6 Å². The summed E-state index contributed by atoms with van der Waals surface area (Å²) in [4.78, 5) is 0. The molecule has 1 unspecified atom stereocenters. The van der Waals surface area contributed by atoms with Crippen LogP contribution in [0, 0.1) is 5.82 Å². The smallest absolute Gasteiger partial charge is 0.123 e. The second-order valence-corrected chi connectivity index (χ2v) is 3.44. The maximum Gasteiger partial charge on any atom is 0.123 e. The van der Waals surface area contributed by atoms with Gasteiger partial charge in [-0.05, 0) is 25.1 Å². The quantitative estimate of drug-likeness (QED) is 0.778. The molecule has 1 aromatic rings. The molecule has 0 fully saturated rings. The Hall–Kier alpha value is -1.13. The first-order valence-electron chi connectivity index (χ1n) is 4.93. The minimum Gasteiger partial charge on any atom is -0.493 e. The zero-order chi connectivity index (χ0) is 11.3. The molecule has 0 aromatic heterocycles. The topological polar surface area (TPSA) is 55.5 Å². The fourth-order valence-electron chi connectivity index (χ4n) is 1.19. The number of aliphatic hydroxyl groups excluding tert-OH is 1. The van der Waals surface area contributed by atoms with Gasteiger partial charge in [-0.2, -0.15) is 0 Å². The Balaban J connectivity index is 2.60. The van der Waals surface area contributed by atoms with E-state index in [1.54, 1.807) is 13.0 Å². The van der Waals surface area contributed by atoms with E-state index in [1.165, 1.54) is 12.1 Å². The van der Waals surface area contributed by atoms with E-state index in [0.717, 1.165) is 0 Å². The second-order valence-electron chi connectivity index (χ2n) is 3.44. The number of hydrogen-bond acceptors (Lipinski definition) is 3. The summed E-state index contributed by atoms with van der Waals surface area (Å²) in [6.07, 6.45) is 0.147. The van der Waals surface area contributed by atoms with Crippen LogP contribution in [0.3, 0.4) is 0 Å². The summed E-state index contributed by atoms with van der Waals surface area (Å²) in [6.45, 7) is 2.33. The van der Waals surface area contributed by atoms with Gasteiger partial charge in [0, 0.05) is 18.5 Å². The van der Waals surface area contributed by atoms with Crippen molar-refractivity contribution >= 4 is 0 Å². The Morgan fingerprint density at radius 2 is 2.27 bits per heavy atom. The SMILES string of the molecule is CC(O)CCOc1ccc(F)cc1CN. The standard InChI is InChI=1S/C11H16FNO2/c1-8(14)4-5-15-11-3-2-10(12)6-9(11)7-13/h2-3,6,8,14H,4-5,7,13H2,1H3. The van der Waals surface area contributed by atoms with E-state index < -0.39 is 6.10 Å². The molecular formula is C11H16FNO2. The van der Waals surface area contributed by atoms with Crippen molar-refractivity contribution in [2.24, 2.45) is 5.73 Å². The Kier molecular flexibility index (Phi) is 4.52. The number of rotatable bonds is 5. The molecule has 4 heteroatoms. The number of aliphatic hydroxyl groups is 1. The number of ether oxygens (including phenoxy) is 1. The van der Waals surface area contributed by atoms with Gasteiger partial charge in [-0.25, -0.2) is 4.39 Å². The monoisotopic (exact) mass is 213 g/mol. The van der Waals surface area contributed by atoms with Gasteiger partial charge < -0.3 is 15.6 Å². The van der Waals surface area contributed by atoms with Crippen molar-refractivity contribution in [3.8, 4) is 5.75 Å². The molecule has 3 nitrogen and oxygen atoms in total. The van der Waals surface area contributed by atoms with Gasteiger partial charge in [-0.3, -0.25) is 0 Å². The van der Waals surface area contributed by atoms with E-state index in [9.17, 15) is 4.39 Å². The normalized spacial score (nSPS) is 12.5. The first kappa shape index (κ1) is 11.9. The Bertz CT molecular complexity index is 315. The number of benzene rings is 1. The molecule has 3 N–H and O–H groups in total. The predicted molar refractivity (Wildman–Crippen MR) is 56.1 cm³/mol. The lowest BCUT2D eigenvalue weighted by molar-refractivity contribution is 0.155. The van der Waals surface area contributed by atoms with Gasteiger partial charge in [0.15, 0.2) is 0 Å². The molecule has 0 spiro atoms. The minimum atomic E-state index is -0.397. The maximum absolute atomic E-state index is 12.8. The molecule has 0 aliphatic carbocycles. The van der Waals surface area contributed by atoms with E-state index in [1.807, 2.05) is 0 Å². The molecule has 0 radical (unpaired) electrons. The molecule has 0 saturated carbocycles. The molecule has 1 aromatic carbocycles. The van der Waals surface area contributed by atoms with Gasteiger partial charge in [0.05, 0.1) is 12.7 Å². The fourth-order valence-corrected chi connectivity index (χ4v) is 1.19. The first-order chi connectivity index (χ1) is 7.13. The van der Waals surface area contributed by atoms with Crippen molar-refractivity contribution in [1.82, 2.24) is 0 Å². The van der Waals surface area contributed by atoms with E-state index in [2.05, 4.69) is 0 Å². The fraction of sp³-hybridized carbons (Fsp3) is 0.455. The van der Waals surface area contributed by atoms with Crippen molar-refractivity contribution in [2.45, 2.75) is 26.0 Å². The van der Waals surface area contributed by atoms with Crippen LogP contribution in [0.15, 0.2) is 18.2 Å². The molecule has 0 heterocycles. The van der Waals surface area contributed by atoms with Crippen LogP contribution in [0.25, 0.3) is 0 Å². The van der Waals surface area contributed by atoms with Crippen molar-refractivity contribution in [3.63, 3.8) is 0 Å². The van der Waals surface area contributed by atoms with Crippen molar-refractivity contribution < 1.29 is 14.2 Å². The van der Waals surface area contributed by atoms with Crippen LogP contribution in [0.1, 0.15) is 18.9 Å². The summed E-state index contributed by atoms with van der Waals surface area (Å²) in [6, 6.07) is 4.24. The van der Waals surface area contributed by atoms with Crippen LogP contribution in [0.4, 0.5) is 4.39 Å². The highest BCUT2D eigenvalue weighted by molar-refractivity contribution is 5.33. The summed E-state index contributed by atoms with van der Waals surface area (Å²) < 4.78 is 18.2. The third-order valence-electron chi connectivity index (χ3n) is 2.04. The molecule has 0 aliphatic heterocycles. The zero-order valence-corrected chi connectivity index (χ0v) is 8.74. The predicted octanol–water partition coefficient (Wildman–Crippen LogP) is 1.43. The van der Waals surface area contributed by atoms with E-state index in [0.29, 0.717) is 24.3 Å². The lowest BCUT2D eigenvalue weighted by Gasteiger charge is -2.11. The highest BCUT2D eigenvalue weighted by atomic mass is 19.1. The van der Waals surface area contributed by atoms with Gasteiger partial charge in [-0.15, -0.1) is 0 Å². The lowest BCUT2D eigenvalue weighted by Crippen LogP contribution is -2.09. The highest BCUT2D eigenvalue weighted by Gasteiger charge is 2.04.